The summed E-state index contributed by atoms with van der Waals surface area (Å²) < 4.78 is 10.7. The lowest BCUT2D eigenvalue weighted by atomic mass is 10.1. The first-order chi connectivity index (χ1) is 15.0. The molecule has 1 aromatic heterocycles. The lowest BCUT2D eigenvalue weighted by Gasteiger charge is -2.17. The van der Waals surface area contributed by atoms with E-state index in [1.807, 2.05) is 24.3 Å². The minimum Gasteiger partial charge on any atom is -0.454 e. The number of nitrogens with zero attached hydrogens (tertiary/aromatic N) is 2. The number of carbonyl (C=O) groups excluding carboxylic acids is 2. The molecule has 31 heavy (non-hydrogen) atoms. The van der Waals surface area contributed by atoms with Crippen LogP contribution in [-0.4, -0.2) is 30.1 Å². The maximum Gasteiger partial charge on any atom is 0.231 e. The predicted molar refractivity (Wildman–Crippen MR) is 118 cm³/mol. The third kappa shape index (κ3) is 4.22. The molecule has 9 heteroatoms. The molecule has 2 aliphatic rings. The van der Waals surface area contributed by atoms with Crippen LogP contribution in [0.5, 0.6) is 11.5 Å². The second-order valence-electron chi connectivity index (χ2n) is 7.37. The number of rotatable bonds is 5. The Hall–Kier alpha value is -3.10. The average molecular weight is 456 g/mol. The molecule has 0 saturated carbocycles. The summed E-state index contributed by atoms with van der Waals surface area (Å²) in [5.41, 5.74) is 1.82. The van der Waals surface area contributed by atoms with Gasteiger partial charge >= 0.3 is 0 Å². The summed E-state index contributed by atoms with van der Waals surface area (Å²) in [6.07, 6.45) is 2.63. The smallest absolute Gasteiger partial charge is 0.231 e. The highest BCUT2D eigenvalue weighted by Gasteiger charge is 2.36. The molecule has 3 aromatic rings. The van der Waals surface area contributed by atoms with Gasteiger partial charge in [-0.3, -0.25) is 9.59 Å². The minimum atomic E-state index is -0.443. The quantitative estimate of drug-likeness (QED) is 0.626. The van der Waals surface area contributed by atoms with Crippen molar-refractivity contribution in [3.05, 3.63) is 64.1 Å². The third-order valence-electron chi connectivity index (χ3n) is 5.24. The average Bonchev–Trinajstić information content (AvgIpc) is 3.49. The van der Waals surface area contributed by atoms with Gasteiger partial charge in [-0.15, -0.1) is 11.3 Å². The molecule has 0 radical (unpaired) electrons. The van der Waals surface area contributed by atoms with E-state index in [-0.39, 0.29) is 25.0 Å². The number of hydrogen-bond donors (Lipinski definition) is 1. The van der Waals surface area contributed by atoms with Crippen LogP contribution in [0.1, 0.15) is 16.9 Å². The van der Waals surface area contributed by atoms with Crippen LogP contribution in [0, 0.1) is 5.92 Å². The molecule has 2 amide bonds. The number of thiazole rings is 1. The topological polar surface area (TPSA) is 80.8 Å². The molecule has 0 bridgehead atoms. The summed E-state index contributed by atoms with van der Waals surface area (Å²) in [5.74, 6) is 0.518. The van der Waals surface area contributed by atoms with Gasteiger partial charge in [0.05, 0.1) is 5.92 Å². The third-order valence-corrected chi connectivity index (χ3v) is 6.40. The Balaban J connectivity index is 1.22. The van der Waals surface area contributed by atoms with E-state index < -0.39 is 5.92 Å². The molecule has 1 saturated heterocycles. The van der Waals surface area contributed by atoms with Crippen molar-refractivity contribution in [1.82, 2.24) is 4.98 Å². The van der Waals surface area contributed by atoms with Crippen LogP contribution in [0.2, 0.25) is 5.02 Å². The van der Waals surface area contributed by atoms with E-state index in [2.05, 4.69) is 10.3 Å². The summed E-state index contributed by atoms with van der Waals surface area (Å²) in [4.78, 5) is 32.2. The van der Waals surface area contributed by atoms with Gasteiger partial charge in [-0.05, 0) is 29.8 Å². The molecule has 1 fully saturated rings. The van der Waals surface area contributed by atoms with Gasteiger partial charge in [0.25, 0.3) is 0 Å². The zero-order chi connectivity index (χ0) is 21.4. The van der Waals surface area contributed by atoms with E-state index in [0.717, 1.165) is 10.4 Å². The van der Waals surface area contributed by atoms with Gasteiger partial charge in [0.15, 0.2) is 16.6 Å². The van der Waals surface area contributed by atoms with E-state index in [0.29, 0.717) is 40.3 Å². The van der Waals surface area contributed by atoms with Crippen molar-refractivity contribution in [2.75, 3.05) is 23.6 Å². The number of carbonyl (C=O) groups is 2. The zero-order valence-electron chi connectivity index (χ0n) is 16.3. The number of aromatic nitrogens is 1. The molecule has 1 atom stereocenters. The molecule has 1 N–H and O–H groups in total. The lowest BCUT2D eigenvalue weighted by molar-refractivity contribution is -0.122. The van der Waals surface area contributed by atoms with Crippen molar-refractivity contribution >= 4 is 45.6 Å². The Bertz CT molecular complexity index is 1150. The molecule has 158 valence electrons. The van der Waals surface area contributed by atoms with Gasteiger partial charge in [0.1, 0.15) is 0 Å². The Labute approximate surface area is 187 Å². The van der Waals surface area contributed by atoms with Crippen LogP contribution >= 0.6 is 22.9 Å². The molecule has 0 aliphatic carbocycles. The Morgan fingerprint density at radius 1 is 1.19 bits per heavy atom. The molecule has 2 aromatic carbocycles. The van der Waals surface area contributed by atoms with E-state index in [9.17, 15) is 9.59 Å². The number of ether oxygens (including phenoxy) is 2. The van der Waals surface area contributed by atoms with Crippen LogP contribution in [0.15, 0.2) is 48.7 Å². The SMILES string of the molecule is O=C(Nc1ncc(Cc2ccc(Cl)cc2)s1)[C@@H]1CC(=O)N(c2ccc3c(c2)OCO3)C1. The standard InChI is InChI=1S/C22H18ClN3O4S/c23-15-3-1-13(2-4-15)7-17-10-24-22(31-17)25-21(28)14-8-20(27)26(11-14)16-5-6-18-19(9-16)30-12-29-18/h1-6,9-10,14H,7-8,11-12H2,(H,24,25,28)/t14-/m1/s1. The van der Waals surface area contributed by atoms with Gasteiger partial charge in [0, 0.05) is 47.2 Å². The molecule has 3 heterocycles. The summed E-state index contributed by atoms with van der Waals surface area (Å²) in [7, 11) is 0. The molecule has 2 aliphatic heterocycles. The fraction of sp³-hybridized carbons (Fsp3) is 0.227. The molecule has 0 unspecified atom stereocenters. The highest BCUT2D eigenvalue weighted by molar-refractivity contribution is 7.15. The van der Waals surface area contributed by atoms with Gasteiger partial charge in [-0.1, -0.05) is 23.7 Å². The number of anilines is 2. The van der Waals surface area contributed by atoms with Crippen LogP contribution in [0.4, 0.5) is 10.8 Å². The summed E-state index contributed by atoms with van der Waals surface area (Å²) in [6.45, 7) is 0.485. The summed E-state index contributed by atoms with van der Waals surface area (Å²) in [6, 6.07) is 13.0. The van der Waals surface area contributed by atoms with E-state index in [4.69, 9.17) is 21.1 Å². The molecular formula is C22H18ClN3O4S. The van der Waals surface area contributed by atoms with Crippen molar-refractivity contribution in [2.24, 2.45) is 5.92 Å². The maximum absolute atomic E-state index is 12.7. The van der Waals surface area contributed by atoms with Crippen LogP contribution < -0.4 is 19.7 Å². The number of hydrogen-bond acceptors (Lipinski definition) is 6. The van der Waals surface area contributed by atoms with Crippen LogP contribution in [0.25, 0.3) is 0 Å². The molecule has 5 rings (SSSR count). The van der Waals surface area contributed by atoms with Gasteiger partial charge in [-0.25, -0.2) is 4.98 Å². The first-order valence-corrected chi connectivity index (χ1v) is 10.9. The first kappa shape index (κ1) is 19.8. The molecule has 0 spiro atoms. The summed E-state index contributed by atoms with van der Waals surface area (Å²) >= 11 is 7.35. The van der Waals surface area contributed by atoms with Gasteiger partial charge in [-0.2, -0.15) is 0 Å². The monoisotopic (exact) mass is 455 g/mol. The second-order valence-corrected chi connectivity index (χ2v) is 8.92. The summed E-state index contributed by atoms with van der Waals surface area (Å²) in [5, 5.41) is 4.08. The molecular weight excluding hydrogens is 438 g/mol. The fourth-order valence-corrected chi connectivity index (χ4v) is 4.62. The van der Waals surface area contributed by atoms with Gasteiger partial charge in [0.2, 0.25) is 18.6 Å². The van der Waals surface area contributed by atoms with E-state index in [1.54, 1.807) is 29.3 Å². The Morgan fingerprint density at radius 3 is 2.84 bits per heavy atom. The largest absolute Gasteiger partial charge is 0.454 e. The van der Waals surface area contributed by atoms with Crippen LogP contribution in [0.3, 0.4) is 0 Å². The van der Waals surface area contributed by atoms with E-state index >= 15 is 0 Å². The van der Waals surface area contributed by atoms with Crippen molar-refractivity contribution in [2.45, 2.75) is 12.8 Å². The van der Waals surface area contributed by atoms with E-state index in [1.165, 1.54) is 11.3 Å². The highest BCUT2D eigenvalue weighted by atomic mass is 35.5. The maximum atomic E-state index is 12.7. The first-order valence-electron chi connectivity index (χ1n) is 9.75. The predicted octanol–water partition coefficient (Wildman–Crippen LogP) is 4.11. The highest BCUT2D eigenvalue weighted by Crippen LogP contribution is 2.37. The normalized spacial score (nSPS) is 17.3. The number of nitrogens with one attached hydrogen (secondary N) is 1. The van der Waals surface area contributed by atoms with Crippen molar-refractivity contribution in [3.8, 4) is 11.5 Å². The number of amides is 2. The number of fused-ring (bicyclic) bond motifs is 1. The number of benzene rings is 2. The number of halogens is 1. The van der Waals surface area contributed by atoms with Gasteiger partial charge < -0.3 is 19.7 Å². The van der Waals surface area contributed by atoms with Crippen molar-refractivity contribution in [1.29, 1.82) is 0 Å². The van der Waals surface area contributed by atoms with Crippen molar-refractivity contribution in [3.63, 3.8) is 0 Å². The lowest BCUT2D eigenvalue weighted by Crippen LogP contribution is -2.28. The Kier molecular flexibility index (Phi) is 5.25. The van der Waals surface area contributed by atoms with Crippen LogP contribution in [-0.2, 0) is 16.0 Å². The van der Waals surface area contributed by atoms with Crippen molar-refractivity contribution < 1.29 is 19.1 Å². The second kappa shape index (κ2) is 8.20. The fourth-order valence-electron chi connectivity index (χ4n) is 3.64. The minimum absolute atomic E-state index is 0.0958. The zero-order valence-corrected chi connectivity index (χ0v) is 17.9. The Morgan fingerprint density at radius 2 is 2.00 bits per heavy atom. The molecule has 7 nitrogen and oxygen atoms in total.